The van der Waals surface area contributed by atoms with E-state index in [9.17, 15) is 22.4 Å². The van der Waals surface area contributed by atoms with E-state index in [4.69, 9.17) is 11.6 Å². The highest BCUT2D eigenvalue weighted by Crippen LogP contribution is 2.30. The monoisotopic (exact) mass is 472 g/mol. The summed E-state index contributed by atoms with van der Waals surface area (Å²) in [6, 6.07) is 1.64. The maximum atomic E-state index is 14.6. The number of carbonyl (C=O) groups is 1. The molecule has 3 rings (SSSR count). The summed E-state index contributed by atoms with van der Waals surface area (Å²) in [4.78, 5) is 27.9. The molecule has 0 saturated heterocycles. The zero-order valence-corrected chi connectivity index (χ0v) is 18.2. The third-order valence-corrected chi connectivity index (χ3v) is 4.85. The van der Waals surface area contributed by atoms with Crippen LogP contribution in [-0.2, 0) is 4.79 Å². The number of amides is 1. The molecule has 3 aromatic heterocycles. The molecule has 0 fully saturated rings. The number of nitrogens with one attached hydrogen (secondary N) is 3. The molecule has 0 aliphatic rings. The van der Waals surface area contributed by atoms with E-state index in [0.717, 1.165) is 6.20 Å². The lowest BCUT2D eigenvalue weighted by Gasteiger charge is -2.32. The Morgan fingerprint density at radius 3 is 2.62 bits per heavy atom. The van der Waals surface area contributed by atoms with Crippen molar-refractivity contribution in [1.29, 1.82) is 0 Å². The first-order chi connectivity index (χ1) is 14.9. The van der Waals surface area contributed by atoms with Crippen LogP contribution in [0.5, 0.6) is 0 Å². The Labute approximate surface area is 186 Å². The van der Waals surface area contributed by atoms with Crippen molar-refractivity contribution in [3.05, 3.63) is 35.5 Å². The van der Waals surface area contributed by atoms with Gasteiger partial charge in [-0.2, -0.15) is 13.2 Å². The molecule has 3 N–H and O–H groups in total. The summed E-state index contributed by atoms with van der Waals surface area (Å²) in [6.45, 7) is 3.49. The largest absolute Gasteiger partial charge is 0.405 e. The molecule has 0 spiro atoms. The number of hydrogen-bond acceptors (Lipinski definition) is 5. The van der Waals surface area contributed by atoms with Crippen LogP contribution in [0, 0.1) is 11.7 Å². The van der Waals surface area contributed by atoms with Gasteiger partial charge >= 0.3 is 6.18 Å². The van der Waals surface area contributed by atoms with E-state index in [1.54, 1.807) is 26.1 Å². The fraction of sp³-hybridized carbons (Fsp3) is 0.400. The van der Waals surface area contributed by atoms with Gasteiger partial charge < -0.3 is 15.6 Å². The van der Waals surface area contributed by atoms with Crippen molar-refractivity contribution in [2.75, 3.05) is 11.9 Å². The van der Waals surface area contributed by atoms with Crippen LogP contribution in [0.4, 0.5) is 23.4 Å². The topological polar surface area (TPSA) is 95.6 Å². The minimum absolute atomic E-state index is 0.0876. The van der Waals surface area contributed by atoms with E-state index in [1.807, 2.05) is 5.32 Å². The van der Waals surface area contributed by atoms with E-state index in [1.165, 1.54) is 13.1 Å². The number of aromatic amines is 1. The van der Waals surface area contributed by atoms with Gasteiger partial charge in [-0.3, -0.25) is 4.79 Å². The minimum atomic E-state index is -4.58. The van der Waals surface area contributed by atoms with Gasteiger partial charge in [0, 0.05) is 23.3 Å². The highest BCUT2D eigenvalue weighted by atomic mass is 35.5. The van der Waals surface area contributed by atoms with Crippen LogP contribution in [0.1, 0.15) is 27.2 Å². The van der Waals surface area contributed by atoms with Crippen molar-refractivity contribution in [3.8, 4) is 11.4 Å². The van der Waals surface area contributed by atoms with E-state index in [2.05, 4.69) is 25.3 Å². The molecule has 1 amide bonds. The number of fused-ring (bicyclic) bond motifs is 1. The first-order valence-electron chi connectivity index (χ1n) is 9.67. The van der Waals surface area contributed by atoms with Crippen LogP contribution in [0.25, 0.3) is 22.4 Å². The molecule has 0 saturated carbocycles. The van der Waals surface area contributed by atoms with Gasteiger partial charge in [0.05, 0.1) is 11.2 Å². The number of pyridine rings is 1. The zero-order chi connectivity index (χ0) is 23.7. The second-order valence-electron chi connectivity index (χ2n) is 8.00. The number of anilines is 1. The number of nitrogens with zero attached hydrogens (tertiary/aromatic N) is 3. The standard InChI is InChI=1S/C20H21ClF4N6O/c1-10(2)5-19(3,18(32)29-9-20(23,24)25)31-17-14(22)8-28-16(30-17)13-7-27-15-12(13)4-11(21)6-26-15/h4,6-8,10H,5,9H2,1-3H3,(H,26,27)(H,29,32)(H,28,30,31)/t19-/m0/s1. The third-order valence-electron chi connectivity index (χ3n) is 4.64. The average molecular weight is 473 g/mol. The molecule has 0 unspecified atom stereocenters. The van der Waals surface area contributed by atoms with Crippen molar-refractivity contribution in [2.24, 2.45) is 5.92 Å². The lowest BCUT2D eigenvalue weighted by molar-refractivity contribution is -0.141. The van der Waals surface area contributed by atoms with Gasteiger partial charge in [0.1, 0.15) is 17.7 Å². The molecule has 0 aromatic carbocycles. The van der Waals surface area contributed by atoms with E-state index in [0.29, 0.717) is 21.6 Å². The SMILES string of the molecule is CC(C)C[C@](C)(Nc1nc(-c2c[nH]c3ncc(Cl)cc23)ncc1F)C(=O)NCC(F)(F)F. The lowest BCUT2D eigenvalue weighted by atomic mass is 9.89. The summed E-state index contributed by atoms with van der Waals surface area (Å²) in [6.07, 6.45) is -0.493. The van der Waals surface area contributed by atoms with Gasteiger partial charge in [0.15, 0.2) is 17.5 Å². The summed E-state index contributed by atoms with van der Waals surface area (Å²) >= 11 is 6.01. The Balaban J connectivity index is 1.96. The lowest BCUT2D eigenvalue weighted by Crippen LogP contribution is -2.53. The molecular formula is C20H21ClF4N6O. The number of H-pyrrole nitrogens is 1. The fourth-order valence-electron chi connectivity index (χ4n) is 3.40. The third kappa shape index (κ3) is 5.45. The maximum absolute atomic E-state index is 14.6. The van der Waals surface area contributed by atoms with Crippen LogP contribution >= 0.6 is 11.6 Å². The van der Waals surface area contributed by atoms with Crippen molar-refractivity contribution in [2.45, 2.75) is 38.9 Å². The normalized spacial score (nSPS) is 13.9. The average Bonchev–Trinajstić information content (AvgIpc) is 3.09. The van der Waals surface area contributed by atoms with E-state index >= 15 is 0 Å². The smallest absolute Gasteiger partial charge is 0.354 e. The molecule has 12 heteroatoms. The van der Waals surface area contributed by atoms with Gasteiger partial charge in [-0.25, -0.2) is 19.3 Å². The van der Waals surface area contributed by atoms with Crippen LogP contribution in [-0.4, -0.2) is 44.1 Å². The summed E-state index contributed by atoms with van der Waals surface area (Å²) in [5, 5.41) is 5.54. The molecular weight excluding hydrogens is 452 g/mol. The first-order valence-corrected chi connectivity index (χ1v) is 10.0. The van der Waals surface area contributed by atoms with E-state index in [-0.39, 0.29) is 24.0 Å². The van der Waals surface area contributed by atoms with Crippen molar-refractivity contribution in [1.82, 2.24) is 25.3 Å². The quantitative estimate of drug-likeness (QED) is 0.433. The van der Waals surface area contributed by atoms with Gasteiger partial charge in [0.25, 0.3) is 0 Å². The number of alkyl halides is 3. The van der Waals surface area contributed by atoms with Crippen molar-refractivity contribution in [3.63, 3.8) is 0 Å². The van der Waals surface area contributed by atoms with Gasteiger partial charge in [-0.15, -0.1) is 0 Å². The van der Waals surface area contributed by atoms with Crippen molar-refractivity contribution >= 4 is 34.4 Å². The van der Waals surface area contributed by atoms with Gasteiger partial charge in [-0.05, 0) is 25.3 Å². The highest BCUT2D eigenvalue weighted by Gasteiger charge is 2.38. The molecule has 0 bridgehead atoms. The predicted octanol–water partition coefficient (Wildman–Crippen LogP) is 4.71. The Morgan fingerprint density at radius 1 is 1.25 bits per heavy atom. The van der Waals surface area contributed by atoms with Crippen molar-refractivity contribution < 1.29 is 22.4 Å². The molecule has 172 valence electrons. The Morgan fingerprint density at radius 2 is 1.97 bits per heavy atom. The van der Waals surface area contributed by atoms with E-state index < -0.39 is 30.0 Å². The second-order valence-corrected chi connectivity index (χ2v) is 8.43. The Bertz CT molecular complexity index is 1130. The number of aromatic nitrogens is 4. The van der Waals surface area contributed by atoms with Crippen LogP contribution < -0.4 is 10.6 Å². The maximum Gasteiger partial charge on any atom is 0.405 e. The first kappa shape index (κ1) is 23.7. The van der Waals surface area contributed by atoms with Crippen LogP contribution in [0.2, 0.25) is 5.02 Å². The van der Waals surface area contributed by atoms with Crippen LogP contribution in [0.15, 0.2) is 24.7 Å². The molecule has 1 atom stereocenters. The fourth-order valence-corrected chi connectivity index (χ4v) is 3.56. The number of rotatable bonds is 7. The summed E-state index contributed by atoms with van der Waals surface area (Å²) in [5.74, 6) is -2.07. The zero-order valence-electron chi connectivity index (χ0n) is 17.4. The predicted molar refractivity (Wildman–Crippen MR) is 113 cm³/mol. The molecule has 0 radical (unpaired) electrons. The van der Waals surface area contributed by atoms with Gasteiger partial charge in [0.2, 0.25) is 5.91 Å². The van der Waals surface area contributed by atoms with Gasteiger partial charge in [-0.1, -0.05) is 25.4 Å². The second kappa shape index (κ2) is 8.89. The van der Waals surface area contributed by atoms with Crippen LogP contribution in [0.3, 0.4) is 0 Å². The molecule has 0 aliphatic carbocycles. The number of carbonyl (C=O) groups excluding carboxylic acids is 1. The Kier molecular flexibility index (Phi) is 6.59. The highest BCUT2D eigenvalue weighted by molar-refractivity contribution is 6.31. The molecule has 0 aliphatic heterocycles. The molecule has 3 heterocycles. The molecule has 7 nitrogen and oxygen atoms in total. The summed E-state index contributed by atoms with van der Waals surface area (Å²) in [7, 11) is 0. The minimum Gasteiger partial charge on any atom is -0.354 e. The number of halogens is 5. The number of hydrogen-bond donors (Lipinski definition) is 3. The molecule has 32 heavy (non-hydrogen) atoms. The summed E-state index contributed by atoms with van der Waals surface area (Å²) < 4.78 is 52.3. The summed E-state index contributed by atoms with van der Waals surface area (Å²) in [5.41, 5.74) is -0.551. The molecule has 3 aromatic rings. The Hall–Kier alpha value is -2.95.